The van der Waals surface area contributed by atoms with Crippen LogP contribution in [0.5, 0.6) is 0 Å². The van der Waals surface area contributed by atoms with Gasteiger partial charge in [-0.3, -0.25) is 0 Å². The first kappa shape index (κ1) is 15.1. The van der Waals surface area contributed by atoms with E-state index < -0.39 is 0 Å². The maximum absolute atomic E-state index is 8.66. The molecule has 0 bridgehead atoms. The average molecular weight is 254 g/mol. The SMILES string of the molecule is CC(C)Cn1ncnc1CNCCCCCCO. The fourth-order valence-electron chi connectivity index (χ4n) is 1.84. The van der Waals surface area contributed by atoms with Crippen LogP contribution in [0.25, 0.3) is 0 Å². The Morgan fingerprint density at radius 1 is 1.28 bits per heavy atom. The summed E-state index contributed by atoms with van der Waals surface area (Å²) in [5.41, 5.74) is 0. The Morgan fingerprint density at radius 2 is 2.06 bits per heavy atom. The van der Waals surface area contributed by atoms with E-state index in [-0.39, 0.29) is 0 Å². The molecule has 0 radical (unpaired) electrons. The molecule has 1 aromatic heterocycles. The number of hydrogen-bond acceptors (Lipinski definition) is 4. The van der Waals surface area contributed by atoms with Crippen molar-refractivity contribution in [3.8, 4) is 0 Å². The molecule has 1 rings (SSSR count). The Hall–Kier alpha value is -0.940. The van der Waals surface area contributed by atoms with Crippen LogP contribution in [-0.4, -0.2) is 33.0 Å². The monoisotopic (exact) mass is 254 g/mol. The molecule has 5 heteroatoms. The molecule has 0 aromatic carbocycles. The Kier molecular flexibility index (Phi) is 7.60. The van der Waals surface area contributed by atoms with E-state index in [1.54, 1.807) is 6.33 Å². The van der Waals surface area contributed by atoms with Crippen molar-refractivity contribution >= 4 is 0 Å². The summed E-state index contributed by atoms with van der Waals surface area (Å²) in [4.78, 5) is 4.27. The summed E-state index contributed by atoms with van der Waals surface area (Å²) >= 11 is 0. The van der Waals surface area contributed by atoms with E-state index in [9.17, 15) is 0 Å². The lowest BCUT2D eigenvalue weighted by atomic mass is 10.2. The Labute approximate surface area is 110 Å². The molecule has 0 amide bonds. The van der Waals surface area contributed by atoms with Crippen molar-refractivity contribution in [2.75, 3.05) is 13.2 Å². The van der Waals surface area contributed by atoms with Gasteiger partial charge in [0.15, 0.2) is 0 Å². The molecule has 0 saturated carbocycles. The van der Waals surface area contributed by atoms with Gasteiger partial charge in [-0.2, -0.15) is 5.10 Å². The first-order valence-corrected chi connectivity index (χ1v) is 6.92. The summed E-state index contributed by atoms with van der Waals surface area (Å²) in [6.45, 7) is 7.38. The highest BCUT2D eigenvalue weighted by Crippen LogP contribution is 2.01. The molecule has 104 valence electrons. The second-order valence-corrected chi connectivity index (χ2v) is 5.07. The van der Waals surface area contributed by atoms with Gasteiger partial charge in [0.2, 0.25) is 0 Å². The number of nitrogens with zero attached hydrogens (tertiary/aromatic N) is 3. The van der Waals surface area contributed by atoms with E-state index in [1.807, 2.05) is 4.68 Å². The molecule has 0 spiro atoms. The lowest BCUT2D eigenvalue weighted by Gasteiger charge is -2.09. The summed E-state index contributed by atoms with van der Waals surface area (Å²) in [5.74, 6) is 1.60. The third-order valence-corrected chi connectivity index (χ3v) is 2.78. The van der Waals surface area contributed by atoms with Gasteiger partial charge in [0.1, 0.15) is 12.2 Å². The highest BCUT2D eigenvalue weighted by molar-refractivity contribution is 4.83. The minimum Gasteiger partial charge on any atom is -0.396 e. The molecule has 0 aliphatic rings. The number of nitrogens with one attached hydrogen (secondary N) is 1. The highest BCUT2D eigenvalue weighted by Gasteiger charge is 2.05. The van der Waals surface area contributed by atoms with Crippen LogP contribution in [0.1, 0.15) is 45.4 Å². The van der Waals surface area contributed by atoms with Gasteiger partial charge in [-0.1, -0.05) is 26.7 Å². The molecule has 1 aromatic rings. The zero-order valence-electron chi connectivity index (χ0n) is 11.6. The maximum Gasteiger partial charge on any atom is 0.140 e. The minimum absolute atomic E-state index is 0.311. The second kappa shape index (κ2) is 9.05. The molecule has 0 atom stereocenters. The van der Waals surface area contributed by atoms with Crippen LogP contribution in [0.3, 0.4) is 0 Å². The molecule has 1 heterocycles. The molecule has 0 unspecified atom stereocenters. The van der Waals surface area contributed by atoms with E-state index >= 15 is 0 Å². The first-order valence-electron chi connectivity index (χ1n) is 6.92. The quantitative estimate of drug-likeness (QED) is 0.622. The molecular weight excluding hydrogens is 228 g/mol. The second-order valence-electron chi connectivity index (χ2n) is 5.07. The Morgan fingerprint density at radius 3 is 2.78 bits per heavy atom. The fourth-order valence-corrected chi connectivity index (χ4v) is 1.84. The van der Waals surface area contributed by atoms with Gasteiger partial charge in [0.25, 0.3) is 0 Å². The van der Waals surface area contributed by atoms with Crippen LogP contribution in [0, 0.1) is 5.92 Å². The lowest BCUT2D eigenvalue weighted by Crippen LogP contribution is -2.20. The molecule has 0 aliphatic heterocycles. The molecule has 18 heavy (non-hydrogen) atoms. The van der Waals surface area contributed by atoms with Crippen molar-refractivity contribution in [1.82, 2.24) is 20.1 Å². The third-order valence-electron chi connectivity index (χ3n) is 2.78. The topological polar surface area (TPSA) is 63.0 Å². The maximum atomic E-state index is 8.66. The van der Waals surface area contributed by atoms with E-state index in [1.165, 1.54) is 6.42 Å². The van der Waals surface area contributed by atoms with Gasteiger partial charge >= 0.3 is 0 Å². The van der Waals surface area contributed by atoms with Gasteiger partial charge in [0, 0.05) is 13.2 Å². The number of aliphatic hydroxyl groups is 1. The molecule has 0 fully saturated rings. The van der Waals surface area contributed by atoms with Gasteiger partial charge in [-0.15, -0.1) is 0 Å². The summed E-state index contributed by atoms with van der Waals surface area (Å²) < 4.78 is 1.98. The lowest BCUT2D eigenvalue weighted by molar-refractivity contribution is 0.282. The van der Waals surface area contributed by atoms with Crippen molar-refractivity contribution < 1.29 is 5.11 Å². The Balaban J connectivity index is 2.13. The van der Waals surface area contributed by atoms with Crippen LogP contribution in [0.4, 0.5) is 0 Å². The fraction of sp³-hybridized carbons (Fsp3) is 0.846. The summed E-state index contributed by atoms with van der Waals surface area (Å²) in [7, 11) is 0. The summed E-state index contributed by atoms with van der Waals surface area (Å²) in [6, 6.07) is 0. The van der Waals surface area contributed by atoms with E-state index in [0.717, 1.165) is 44.7 Å². The number of aliphatic hydroxyl groups excluding tert-OH is 1. The van der Waals surface area contributed by atoms with E-state index in [0.29, 0.717) is 12.5 Å². The predicted octanol–water partition coefficient (Wildman–Crippen LogP) is 1.58. The normalized spacial score (nSPS) is 11.3. The molecule has 0 saturated heterocycles. The van der Waals surface area contributed by atoms with Gasteiger partial charge < -0.3 is 10.4 Å². The van der Waals surface area contributed by atoms with Gasteiger partial charge in [-0.05, 0) is 25.3 Å². The van der Waals surface area contributed by atoms with Crippen LogP contribution in [0.15, 0.2) is 6.33 Å². The zero-order chi connectivity index (χ0) is 13.2. The van der Waals surface area contributed by atoms with Crippen molar-refractivity contribution in [3.05, 3.63) is 12.2 Å². The van der Waals surface area contributed by atoms with E-state index in [2.05, 4.69) is 29.2 Å². The molecule has 2 N–H and O–H groups in total. The van der Waals surface area contributed by atoms with Crippen molar-refractivity contribution in [2.45, 2.75) is 52.6 Å². The van der Waals surface area contributed by atoms with E-state index in [4.69, 9.17) is 5.11 Å². The van der Waals surface area contributed by atoms with Crippen LogP contribution < -0.4 is 5.32 Å². The molecule has 5 nitrogen and oxygen atoms in total. The minimum atomic E-state index is 0.311. The largest absolute Gasteiger partial charge is 0.396 e. The standard InChI is InChI=1S/C13H26N4O/c1-12(2)10-17-13(15-11-16-17)9-14-7-5-3-4-6-8-18/h11-12,14,18H,3-10H2,1-2H3. The van der Waals surface area contributed by atoms with Crippen LogP contribution in [-0.2, 0) is 13.1 Å². The first-order chi connectivity index (χ1) is 8.74. The smallest absolute Gasteiger partial charge is 0.140 e. The Bertz CT molecular complexity index is 312. The number of unbranched alkanes of at least 4 members (excludes halogenated alkanes) is 3. The van der Waals surface area contributed by atoms with Crippen molar-refractivity contribution in [2.24, 2.45) is 5.92 Å². The average Bonchev–Trinajstić information content (AvgIpc) is 2.75. The van der Waals surface area contributed by atoms with Crippen LogP contribution in [0.2, 0.25) is 0 Å². The summed E-state index contributed by atoms with van der Waals surface area (Å²) in [6.07, 6.45) is 5.98. The molecule has 0 aliphatic carbocycles. The van der Waals surface area contributed by atoms with Crippen LogP contribution >= 0.6 is 0 Å². The molecular formula is C13H26N4O. The highest BCUT2D eigenvalue weighted by atomic mass is 16.2. The number of rotatable bonds is 10. The van der Waals surface area contributed by atoms with Gasteiger partial charge in [0.05, 0.1) is 6.54 Å². The van der Waals surface area contributed by atoms with Crippen molar-refractivity contribution in [1.29, 1.82) is 0 Å². The predicted molar refractivity (Wildman–Crippen MR) is 72.1 cm³/mol. The summed E-state index contributed by atoms with van der Waals surface area (Å²) in [5, 5.41) is 16.3. The third kappa shape index (κ3) is 6.12. The number of aromatic nitrogens is 3. The number of hydrogen-bond donors (Lipinski definition) is 2. The zero-order valence-corrected chi connectivity index (χ0v) is 11.6. The van der Waals surface area contributed by atoms with Crippen molar-refractivity contribution in [3.63, 3.8) is 0 Å². The van der Waals surface area contributed by atoms with Gasteiger partial charge in [-0.25, -0.2) is 9.67 Å².